The lowest BCUT2D eigenvalue weighted by Gasteiger charge is -2.21. The zero-order chi connectivity index (χ0) is 9.90. The third-order valence-corrected chi connectivity index (χ3v) is 1.81. The van der Waals surface area contributed by atoms with Crippen molar-refractivity contribution in [1.82, 2.24) is 9.78 Å². The Balaban J connectivity index is 3.01. The smallest absolute Gasteiger partial charge is 0.200 e. The number of nitriles is 1. The normalized spacial score (nSPS) is 13.3. The third kappa shape index (κ3) is 1.72. The Morgan fingerprint density at radius 1 is 1.69 bits per heavy atom. The summed E-state index contributed by atoms with van der Waals surface area (Å²) in [4.78, 5) is 10.5. The molecule has 0 aliphatic heterocycles. The molecule has 0 N–H and O–H groups in total. The molecule has 0 saturated heterocycles. The lowest BCUT2D eigenvalue weighted by molar-refractivity contribution is 0.279. The van der Waals surface area contributed by atoms with E-state index in [4.69, 9.17) is 5.26 Å². The highest BCUT2D eigenvalue weighted by Crippen LogP contribution is 2.30. The molecule has 1 heterocycles. The first-order valence-corrected chi connectivity index (χ1v) is 3.84. The van der Waals surface area contributed by atoms with Crippen molar-refractivity contribution in [1.29, 1.82) is 5.26 Å². The van der Waals surface area contributed by atoms with Crippen molar-refractivity contribution < 1.29 is 0 Å². The quantitative estimate of drug-likeness (QED) is 0.661. The van der Waals surface area contributed by atoms with Crippen LogP contribution in [0.4, 0.5) is 0 Å². The molecule has 1 rings (SSSR count). The Morgan fingerprint density at radius 2 is 2.38 bits per heavy atom. The molecule has 5 heteroatoms. The highest BCUT2D eigenvalue weighted by molar-refractivity contribution is 4.99. The average molecular weight is 178 g/mol. The van der Waals surface area contributed by atoms with Gasteiger partial charge in [0, 0.05) is 12.4 Å². The second-order valence-corrected chi connectivity index (χ2v) is 3.30. The first-order chi connectivity index (χ1) is 6.11. The second-order valence-electron chi connectivity index (χ2n) is 3.30. The van der Waals surface area contributed by atoms with E-state index in [1.165, 1.54) is 4.68 Å². The summed E-state index contributed by atoms with van der Waals surface area (Å²) in [7, 11) is 0. The van der Waals surface area contributed by atoms with Crippen LogP contribution in [0.5, 0.6) is 0 Å². The highest BCUT2D eigenvalue weighted by atomic mass is 16.3. The number of hydrogen-bond donors (Lipinski definition) is 0. The van der Waals surface area contributed by atoms with Crippen LogP contribution in [0.1, 0.15) is 20.0 Å². The maximum Gasteiger partial charge on any atom is 0.200 e. The minimum absolute atomic E-state index is 0.771. The topological polar surface area (TPSA) is 71.0 Å². The predicted molar refractivity (Wildman–Crippen MR) is 46.5 cm³/mol. The van der Waals surface area contributed by atoms with Gasteiger partial charge in [0.1, 0.15) is 0 Å². The minimum atomic E-state index is -0.840. The Labute approximate surface area is 76.0 Å². The van der Waals surface area contributed by atoms with E-state index in [2.05, 4.69) is 10.3 Å². The molecule has 0 aliphatic rings. The molecule has 5 nitrogen and oxygen atoms in total. The van der Waals surface area contributed by atoms with E-state index in [9.17, 15) is 4.91 Å². The number of hydrogen-bond acceptors (Lipinski definition) is 4. The van der Waals surface area contributed by atoms with Crippen LogP contribution in [-0.4, -0.2) is 9.78 Å². The van der Waals surface area contributed by atoms with E-state index < -0.39 is 11.6 Å². The summed E-state index contributed by atoms with van der Waals surface area (Å²) in [5.41, 5.74) is -0.840. The van der Waals surface area contributed by atoms with Gasteiger partial charge in [-0.3, -0.25) is 0 Å². The van der Waals surface area contributed by atoms with Crippen molar-refractivity contribution in [2.45, 2.75) is 20.0 Å². The molecule has 68 valence electrons. The molecule has 0 spiro atoms. The van der Waals surface area contributed by atoms with E-state index in [0.717, 1.165) is 0 Å². The summed E-state index contributed by atoms with van der Waals surface area (Å²) in [6.45, 7) is 3.31. The molecule has 0 bridgehead atoms. The van der Waals surface area contributed by atoms with E-state index in [0.29, 0.717) is 0 Å². The number of aromatic nitrogens is 2. The first-order valence-electron chi connectivity index (χ1n) is 3.84. The van der Waals surface area contributed by atoms with Gasteiger partial charge >= 0.3 is 0 Å². The molecule has 0 fully saturated rings. The molecule has 1 aromatic rings. The van der Waals surface area contributed by atoms with Crippen molar-refractivity contribution in [3.63, 3.8) is 0 Å². The summed E-state index contributed by atoms with van der Waals surface area (Å²) < 4.78 is 1.39. The van der Waals surface area contributed by atoms with Gasteiger partial charge in [0.05, 0.1) is 11.5 Å². The van der Waals surface area contributed by atoms with Gasteiger partial charge < -0.3 is 0 Å². The fourth-order valence-corrected chi connectivity index (χ4v) is 0.994. The number of rotatable bonds is 3. The SMILES string of the molecule is CC(C)(C#N)C(N=O)n1cccn1. The fourth-order valence-electron chi connectivity index (χ4n) is 0.994. The predicted octanol–water partition coefficient (Wildman–Crippen LogP) is 1.70. The van der Waals surface area contributed by atoms with Crippen molar-refractivity contribution >= 4 is 0 Å². The van der Waals surface area contributed by atoms with Crippen LogP contribution in [0.25, 0.3) is 0 Å². The van der Waals surface area contributed by atoms with Crippen molar-refractivity contribution in [2.24, 2.45) is 10.6 Å². The maximum atomic E-state index is 10.5. The molecule has 0 aromatic carbocycles. The van der Waals surface area contributed by atoms with Gasteiger partial charge in [-0.2, -0.15) is 10.4 Å². The Kier molecular flexibility index (Phi) is 2.42. The molecule has 1 unspecified atom stereocenters. The van der Waals surface area contributed by atoms with Crippen molar-refractivity contribution in [3.05, 3.63) is 23.4 Å². The minimum Gasteiger partial charge on any atom is -0.243 e. The van der Waals surface area contributed by atoms with Gasteiger partial charge in [0.15, 0.2) is 0 Å². The fraction of sp³-hybridized carbons (Fsp3) is 0.500. The Morgan fingerprint density at radius 3 is 2.77 bits per heavy atom. The average Bonchev–Trinajstić information content (AvgIpc) is 2.58. The van der Waals surface area contributed by atoms with Crippen LogP contribution in [0.15, 0.2) is 23.6 Å². The molecule has 1 aromatic heterocycles. The summed E-state index contributed by atoms with van der Waals surface area (Å²) in [6.07, 6.45) is 2.39. The Bertz CT molecular complexity index is 322. The number of nitrogens with zero attached hydrogens (tertiary/aromatic N) is 4. The standard InChI is InChI=1S/C8H10N4O/c1-8(2,6-9)7(11-13)12-5-3-4-10-12/h3-5,7H,1-2H3. The highest BCUT2D eigenvalue weighted by Gasteiger charge is 2.32. The lowest BCUT2D eigenvalue weighted by Crippen LogP contribution is -2.24. The molecular formula is C8H10N4O. The molecule has 1 atom stereocenters. The largest absolute Gasteiger partial charge is 0.243 e. The van der Waals surface area contributed by atoms with Gasteiger partial charge in [-0.05, 0) is 25.1 Å². The van der Waals surface area contributed by atoms with Crippen molar-refractivity contribution in [3.8, 4) is 6.07 Å². The van der Waals surface area contributed by atoms with Gasteiger partial charge in [0.25, 0.3) is 0 Å². The summed E-state index contributed by atoms with van der Waals surface area (Å²) in [5, 5.41) is 15.6. The van der Waals surface area contributed by atoms with Gasteiger partial charge in [-0.25, -0.2) is 4.68 Å². The van der Waals surface area contributed by atoms with Crippen molar-refractivity contribution in [2.75, 3.05) is 0 Å². The maximum absolute atomic E-state index is 10.5. The molecule has 0 aliphatic carbocycles. The zero-order valence-corrected chi connectivity index (χ0v) is 7.51. The first kappa shape index (κ1) is 9.39. The second kappa shape index (κ2) is 3.35. The third-order valence-electron chi connectivity index (χ3n) is 1.81. The van der Waals surface area contributed by atoms with Crippen LogP contribution in [-0.2, 0) is 0 Å². The molecule has 0 amide bonds. The number of nitroso groups, excluding NO2 is 1. The molecular weight excluding hydrogens is 168 g/mol. The monoisotopic (exact) mass is 178 g/mol. The van der Waals surface area contributed by atoms with Gasteiger partial charge in [-0.15, -0.1) is 4.91 Å². The zero-order valence-electron chi connectivity index (χ0n) is 7.51. The summed E-state index contributed by atoms with van der Waals surface area (Å²) >= 11 is 0. The summed E-state index contributed by atoms with van der Waals surface area (Å²) in [5.74, 6) is 0. The van der Waals surface area contributed by atoms with Gasteiger partial charge in [-0.1, -0.05) is 0 Å². The van der Waals surface area contributed by atoms with Gasteiger partial charge in [0.2, 0.25) is 6.17 Å². The van der Waals surface area contributed by atoms with Crippen LogP contribution in [0.3, 0.4) is 0 Å². The van der Waals surface area contributed by atoms with Crippen LogP contribution >= 0.6 is 0 Å². The van der Waals surface area contributed by atoms with Crippen LogP contribution < -0.4 is 0 Å². The van der Waals surface area contributed by atoms with Crippen LogP contribution in [0.2, 0.25) is 0 Å². The van der Waals surface area contributed by atoms with E-state index in [-0.39, 0.29) is 0 Å². The molecule has 0 radical (unpaired) electrons. The summed E-state index contributed by atoms with van der Waals surface area (Å²) in [6, 6.07) is 3.71. The van der Waals surface area contributed by atoms with Crippen LogP contribution in [0, 0.1) is 21.7 Å². The Hall–Kier alpha value is -1.70. The van der Waals surface area contributed by atoms with E-state index >= 15 is 0 Å². The van der Waals surface area contributed by atoms with E-state index in [1.807, 2.05) is 6.07 Å². The molecule has 13 heavy (non-hydrogen) atoms. The molecule has 0 saturated carbocycles. The van der Waals surface area contributed by atoms with E-state index in [1.54, 1.807) is 32.3 Å². The lowest BCUT2D eigenvalue weighted by atomic mass is 9.92.